The van der Waals surface area contributed by atoms with E-state index in [9.17, 15) is 8.42 Å². The Morgan fingerprint density at radius 3 is 2.80 bits per heavy atom. The highest BCUT2D eigenvalue weighted by Crippen LogP contribution is 2.21. The molecule has 5 nitrogen and oxygen atoms in total. The monoisotopic (exact) mass is 321 g/mol. The topological polar surface area (TPSA) is 61.8 Å². The van der Waals surface area contributed by atoms with E-state index >= 15 is 0 Å². The Balaban J connectivity index is 2.53. The van der Waals surface area contributed by atoms with E-state index in [0.29, 0.717) is 18.2 Å². The second-order valence-corrected chi connectivity index (χ2v) is 8.73. The normalized spacial score (nSPS) is 21.1. The van der Waals surface area contributed by atoms with Crippen molar-refractivity contribution in [1.29, 1.82) is 0 Å². The third-order valence-corrected chi connectivity index (χ3v) is 5.57. The Kier molecular flexibility index (Phi) is 7.72. The van der Waals surface area contributed by atoms with Crippen molar-refractivity contribution in [3.63, 3.8) is 0 Å². The highest BCUT2D eigenvalue weighted by Gasteiger charge is 2.21. The molecule has 20 heavy (non-hydrogen) atoms. The average molecular weight is 322 g/mol. The lowest BCUT2D eigenvalue weighted by Crippen LogP contribution is -2.48. The molecule has 1 heterocycles. The lowest BCUT2D eigenvalue weighted by Gasteiger charge is -2.34. The molecule has 0 saturated carbocycles. The van der Waals surface area contributed by atoms with E-state index in [0.717, 1.165) is 31.3 Å². The summed E-state index contributed by atoms with van der Waals surface area (Å²) in [5, 5.41) is 3.98. The van der Waals surface area contributed by atoms with Crippen molar-refractivity contribution < 1.29 is 8.42 Å². The van der Waals surface area contributed by atoms with Crippen LogP contribution in [0.3, 0.4) is 0 Å². The van der Waals surface area contributed by atoms with Crippen molar-refractivity contribution in [2.24, 2.45) is 4.99 Å². The average Bonchev–Trinajstić information content (AvgIpc) is 2.41. The van der Waals surface area contributed by atoms with Crippen molar-refractivity contribution in [3.8, 4) is 0 Å². The van der Waals surface area contributed by atoms with E-state index in [1.54, 1.807) is 0 Å². The van der Waals surface area contributed by atoms with Gasteiger partial charge in [0.2, 0.25) is 0 Å². The molecule has 0 aromatic carbocycles. The Hall–Kier alpha value is -0.430. The van der Waals surface area contributed by atoms with Crippen molar-refractivity contribution in [1.82, 2.24) is 10.2 Å². The number of hydrogen-bond donors (Lipinski definition) is 1. The molecule has 0 aromatic rings. The Labute approximate surface area is 127 Å². The molecule has 1 rings (SSSR count). The zero-order valence-electron chi connectivity index (χ0n) is 12.8. The molecule has 1 saturated heterocycles. The molecule has 118 valence electrons. The molecule has 1 aliphatic rings. The summed E-state index contributed by atoms with van der Waals surface area (Å²) in [7, 11) is -2.88. The number of guanidine groups is 1. The fraction of sp³-hybridized carbons (Fsp3) is 0.923. The maximum absolute atomic E-state index is 11.1. The molecule has 1 unspecified atom stereocenters. The number of aliphatic imine (C=N–C) groups is 1. The fourth-order valence-electron chi connectivity index (χ4n) is 2.10. The predicted octanol–water partition coefficient (Wildman–Crippen LogP) is 1.21. The summed E-state index contributed by atoms with van der Waals surface area (Å²) in [6.45, 7) is 7.72. The van der Waals surface area contributed by atoms with Crippen LogP contribution in [0.4, 0.5) is 0 Å². The molecule has 7 heteroatoms. The van der Waals surface area contributed by atoms with Gasteiger partial charge in [-0.1, -0.05) is 6.92 Å². The number of thioether (sulfide) groups is 1. The summed E-state index contributed by atoms with van der Waals surface area (Å²) < 4.78 is 22.2. The van der Waals surface area contributed by atoms with Crippen LogP contribution in [0.5, 0.6) is 0 Å². The zero-order valence-corrected chi connectivity index (χ0v) is 14.4. The van der Waals surface area contributed by atoms with Gasteiger partial charge in [-0.05, 0) is 19.8 Å². The van der Waals surface area contributed by atoms with Crippen LogP contribution in [0.15, 0.2) is 4.99 Å². The van der Waals surface area contributed by atoms with Crippen LogP contribution >= 0.6 is 11.8 Å². The van der Waals surface area contributed by atoms with Crippen molar-refractivity contribution >= 4 is 27.6 Å². The summed E-state index contributed by atoms with van der Waals surface area (Å²) in [6.07, 6.45) is 3.04. The Bertz CT molecular complexity index is 410. The Morgan fingerprint density at radius 2 is 2.20 bits per heavy atom. The van der Waals surface area contributed by atoms with E-state index in [1.807, 2.05) is 11.8 Å². The zero-order chi connectivity index (χ0) is 15.0. The molecule has 1 atom stereocenters. The lowest BCUT2D eigenvalue weighted by molar-refractivity contribution is 0.408. The van der Waals surface area contributed by atoms with Crippen LogP contribution in [0.2, 0.25) is 0 Å². The van der Waals surface area contributed by atoms with Gasteiger partial charge in [-0.3, -0.25) is 4.99 Å². The molecule has 1 N–H and O–H groups in total. The Morgan fingerprint density at radius 1 is 1.45 bits per heavy atom. The summed E-state index contributed by atoms with van der Waals surface area (Å²) in [5.41, 5.74) is 0. The molecule has 0 spiro atoms. The quantitative estimate of drug-likeness (QED) is 0.453. The van der Waals surface area contributed by atoms with Crippen molar-refractivity contribution in [2.75, 3.05) is 43.9 Å². The van der Waals surface area contributed by atoms with Gasteiger partial charge in [0.1, 0.15) is 9.84 Å². The largest absolute Gasteiger partial charge is 0.357 e. The van der Waals surface area contributed by atoms with Gasteiger partial charge in [0, 0.05) is 43.4 Å². The molecule has 0 radical (unpaired) electrons. The van der Waals surface area contributed by atoms with Crippen LogP contribution < -0.4 is 5.32 Å². The molecule has 0 bridgehead atoms. The van der Waals surface area contributed by atoms with Crippen molar-refractivity contribution in [3.05, 3.63) is 0 Å². The highest BCUT2D eigenvalue weighted by molar-refractivity contribution is 8.00. The van der Waals surface area contributed by atoms with Crippen LogP contribution in [-0.2, 0) is 9.84 Å². The SMILES string of the molecule is CCNC(=NCCCS(C)(=O)=O)N1CCSC(CC)C1. The smallest absolute Gasteiger partial charge is 0.193 e. The summed E-state index contributed by atoms with van der Waals surface area (Å²) >= 11 is 2.03. The van der Waals surface area contributed by atoms with Crippen LogP contribution in [0, 0.1) is 0 Å². The van der Waals surface area contributed by atoms with Crippen molar-refractivity contribution in [2.45, 2.75) is 31.9 Å². The number of hydrogen-bond acceptors (Lipinski definition) is 4. The number of rotatable bonds is 6. The predicted molar refractivity (Wildman–Crippen MR) is 88.4 cm³/mol. The summed E-state index contributed by atoms with van der Waals surface area (Å²) in [4.78, 5) is 6.87. The molecule has 1 fully saturated rings. The number of nitrogens with zero attached hydrogens (tertiary/aromatic N) is 2. The first-order valence-corrected chi connectivity index (χ1v) is 10.4. The third kappa shape index (κ3) is 6.83. The van der Waals surface area contributed by atoms with Gasteiger partial charge in [0.25, 0.3) is 0 Å². The molecule has 0 amide bonds. The van der Waals surface area contributed by atoms with E-state index in [1.165, 1.54) is 12.7 Å². The number of sulfone groups is 1. The minimum atomic E-state index is -2.88. The molecular formula is C13H27N3O2S2. The van der Waals surface area contributed by atoms with E-state index < -0.39 is 9.84 Å². The van der Waals surface area contributed by atoms with Crippen LogP contribution in [0.1, 0.15) is 26.7 Å². The van der Waals surface area contributed by atoms with Gasteiger partial charge in [-0.15, -0.1) is 0 Å². The van der Waals surface area contributed by atoms with Crippen LogP contribution in [0.25, 0.3) is 0 Å². The first kappa shape index (κ1) is 17.6. The van der Waals surface area contributed by atoms with Gasteiger partial charge in [0.05, 0.1) is 5.75 Å². The third-order valence-electron chi connectivity index (χ3n) is 3.16. The van der Waals surface area contributed by atoms with E-state index in [4.69, 9.17) is 0 Å². The highest BCUT2D eigenvalue weighted by atomic mass is 32.2. The van der Waals surface area contributed by atoms with Crippen LogP contribution in [-0.4, -0.2) is 68.5 Å². The minimum absolute atomic E-state index is 0.212. The summed E-state index contributed by atoms with van der Waals surface area (Å²) in [5.74, 6) is 2.27. The first-order chi connectivity index (χ1) is 9.46. The maximum atomic E-state index is 11.1. The molecule has 0 aromatic heterocycles. The standard InChI is InChI=1S/C13H27N3O2S2/c1-4-12-11-16(8-9-19-12)13(14-5-2)15-7-6-10-20(3,17)18/h12H,4-11H2,1-3H3,(H,14,15). The van der Waals surface area contributed by atoms with E-state index in [2.05, 4.69) is 29.1 Å². The van der Waals surface area contributed by atoms with Gasteiger partial charge in [-0.2, -0.15) is 11.8 Å². The first-order valence-electron chi connectivity index (χ1n) is 7.28. The molecule has 0 aliphatic carbocycles. The van der Waals surface area contributed by atoms with Gasteiger partial charge in [-0.25, -0.2) is 8.42 Å². The number of nitrogens with one attached hydrogen (secondary N) is 1. The van der Waals surface area contributed by atoms with Gasteiger partial charge < -0.3 is 10.2 Å². The lowest BCUT2D eigenvalue weighted by atomic mass is 10.3. The molecule has 1 aliphatic heterocycles. The van der Waals surface area contributed by atoms with E-state index in [-0.39, 0.29) is 5.75 Å². The fourth-order valence-corrected chi connectivity index (χ4v) is 3.93. The van der Waals surface area contributed by atoms with Gasteiger partial charge in [0.15, 0.2) is 5.96 Å². The second-order valence-electron chi connectivity index (χ2n) is 5.07. The molecular weight excluding hydrogens is 294 g/mol. The maximum Gasteiger partial charge on any atom is 0.193 e. The summed E-state index contributed by atoms with van der Waals surface area (Å²) in [6, 6.07) is 0. The van der Waals surface area contributed by atoms with Gasteiger partial charge >= 0.3 is 0 Å². The minimum Gasteiger partial charge on any atom is -0.357 e. The second kappa shape index (κ2) is 8.77.